The third kappa shape index (κ3) is 5.45. The second-order valence-corrected chi connectivity index (χ2v) is 3.30. The van der Waals surface area contributed by atoms with Gasteiger partial charge in [-0.25, -0.2) is 4.79 Å². The maximum atomic E-state index is 11.3. The Morgan fingerprint density at radius 2 is 2.08 bits per heavy atom. The number of allylic oxidation sites excluding steroid dienone is 1. The Morgan fingerprint density at radius 3 is 2.54 bits per heavy atom. The second-order valence-electron chi connectivity index (χ2n) is 3.30. The first-order valence-corrected chi connectivity index (χ1v) is 4.99. The zero-order valence-electron chi connectivity index (χ0n) is 9.09. The molecule has 2 nitrogen and oxygen atoms in total. The van der Waals surface area contributed by atoms with Gasteiger partial charge >= 0.3 is 5.97 Å². The van der Waals surface area contributed by atoms with Gasteiger partial charge in [-0.05, 0) is 26.7 Å². The van der Waals surface area contributed by atoms with Crippen LogP contribution in [0.2, 0.25) is 0 Å². The van der Waals surface area contributed by atoms with Gasteiger partial charge in [-0.15, -0.1) is 0 Å². The Labute approximate surface area is 81.0 Å². The average molecular weight is 184 g/mol. The lowest BCUT2D eigenvalue weighted by molar-refractivity contribution is -0.143. The van der Waals surface area contributed by atoms with E-state index in [0.29, 0.717) is 5.57 Å². The van der Waals surface area contributed by atoms with Crippen molar-refractivity contribution in [1.29, 1.82) is 0 Å². The molecule has 0 aromatic carbocycles. The molecule has 0 radical (unpaired) electrons. The van der Waals surface area contributed by atoms with Gasteiger partial charge in [0.1, 0.15) is 0 Å². The quantitative estimate of drug-likeness (QED) is 0.485. The summed E-state index contributed by atoms with van der Waals surface area (Å²) in [5.74, 6) is -0.178. The Bertz CT molecular complexity index is 183. The van der Waals surface area contributed by atoms with Crippen molar-refractivity contribution in [3.8, 4) is 0 Å². The molecule has 0 spiro atoms. The largest absolute Gasteiger partial charge is 0.459 e. The monoisotopic (exact) mass is 184 g/mol. The fourth-order valence-electron chi connectivity index (χ4n) is 1.13. The van der Waals surface area contributed by atoms with Crippen molar-refractivity contribution >= 4 is 5.97 Å². The van der Waals surface area contributed by atoms with Crippen LogP contribution in [0.15, 0.2) is 11.6 Å². The van der Waals surface area contributed by atoms with E-state index in [4.69, 9.17) is 4.74 Å². The van der Waals surface area contributed by atoms with Crippen LogP contribution in [-0.4, -0.2) is 12.1 Å². The van der Waals surface area contributed by atoms with Crippen molar-refractivity contribution in [3.05, 3.63) is 11.6 Å². The van der Waals surface area contributed by atoms with E-state index in [9.17, 15) is 4.79 Å². The molecule has 76 valence electrons. The lowest BCUT2D eigenvalue weighted by Gasteiger charge is -2.11. The fraction of sp³-hybridized carbons (Fsp3) is 0.727. The summed E-state index contributed by atoms with van der Waals surface area (Å²) in [6, 6.07) is 0. The predicted molar refractivity (Wildman–Crippen MR) is 54.5 cm³/mol. The first-order chi connectivity index (χ1) is 6.11. The van der Waals surface area contributed by atoms with E-state index in [2.05, 4.69) is 6.92 Å². The molecule has 0 aliphatic heterocycles. The van der Waals surface area contributed by atoms with Crippen molar-refractivity contribution in [2.24, 2.45) is 0 Å². The molecule has 0 fully saturated rings. The van der Waals surface area contributed by atoms with Crippen LogP contribution < -0.4 is 0 Å². The molecule has 0 aromatic heterocycles. The minimum Gasteiger partial charge on any atom is -0.459 e. The van der Waals surface area contributed by atoms with Crippen LogP contribution in [0.5, 0.6) is 0 Å². The van der Waals surface area contributed by atoms with E-state index < -0.39 is 0 Å². The first kappa shape index (κ1) is 12.2. The maximum Gasteiger partial charge on any atom is 0.333 e. The molecule has 2 heteroatoms. The summed E-state index contributed by atoms with van der Waals surface area (Å²) >= 11 is 0. The van der Waals surface area contributed by atoms with E-state index in [1.165, 1.54) is 0 Å². The van der Waals surface area contributed by atoms with Crippen molar-refractivity contribution < 1.29 is 9.53 Å². The van der Waals surface area contributed by atoms with Crippen molar-refractivity contribution in [3.63, 3.8) is 0 Å². The molecule has 0 saturated carbocycles. The molecule has 1 atom stereocenters. The smallest absolute Gasteiger partial charge is 0.333 e. The van der Waals surface area contributed by atoms with E-state index in [1.54, 1.807) is 6.92 Å². The second kappa shape index (κ2) is 6.70. The highest BCUT2D eigenvalue weighted by Crippen LogP contribution is 2.05. The van der Waals surface area contributed by atoms with E-state index in [0.717, 1.165) is 19.3 Å². The highest BCUT2D eigenvalue weighted by Gasteiger charge is 2.09. The Morgan fingerprint density at radius 1 is 1.46 bits per heavy atom. The molecule has 0 aromatic rings. The highest BCUT2D eigenvalue weighted by molar-refractivity contribution is 5.87. The van der Waals surface area contributed by atoms with Gasteiger partial charge in [0.2, 0.25) is 0 Å². The van der Waals surface area contributed by atoms with Gasteiger partial charge in [-0.1, -0.05) is 26.3 Å². The number of hydrogen-bond donors (Lipinski definition) is 0. The number of carbonyl (C=O) groups excluding carboxylic acids is 1. The summed E-state index contributed by atoms with van der Waals surface area (Å²) in [5.41, 5.74) is 0.713. The molecule has 0 rings (SSSR count). The molecule has 13 heavy (non-hydrogen) atoms. The number of carbonyl (C=O) groups is 1. The molecule has 0 aliphatic carbocycles. The fourth-order valence-corrected chi connectivity index (χ4v) is 1.13. The summed E-state index contributed by atoms with van der Waals surface area (Å²) < 4.78 is 5.20. The van der Waals surface area contributed by atoms with Gasteiger partial charge in [0.15, 0.2) is 0 Å². The van der Waals surface area contributed by atoms with Crippen LogP contribution in [0.1, 0.15) is 47.0 Å². The summed E-state index contributed by atoms with van der Waals surface area (Å²) in [6.45, 7) is 7.82. The predicted octanol–water partition coefficient (Wildman–Crippen LogP) is 3.07. The summed E-state index contributed by atoms with van der Waals surface area (Å²) in [5, 5.41) is 0. The standard InChI is InChI=1S/C11H20O2/c1-5-7-9(3)11(12)13-10(4)8-6-2/h7,10H,5-6,8H2,1-4H3/b9-7+. The van der Waals surface area contributed by atoms with Gasteiger partial charge in [0.25, 0.3) is 0 Å². The summed E-state index contributed by atoms with van der Waals surface area (Å²) in [6.07, 6.45) is 4.79. The molecular weight excluding hydrogens is 164 g/mol. The van der Waals surface area contributed by atoms with E-state index in [1.807, 2.05) is 19.9 Å². The molecule has 0 amide bonds. The third-order valence-electron chi connectivity index (χ3n) is 1.84. The van der Waals surface area contributed by atoms with Gasteiger partial charge in [-0.3, -0.25) is 0 Å². The van der Waals surface area contributed by atoms with E-state index in [-0.39, 0.29) is 12.1 Å². The van der Waals surface area contributed by atoms with Crippen molar-refractivity contribution in [1.82, 2.24) is 0 Å². The molecule has 0 aliphatic rings. The van der Waals surface area contributed by atoms with Crippen LogP contribution in [0.3, 0.4) is 0 Å². The third-order valence-corrected chi connectivity index (χ3v) is 1.84. The number of ether oxygens (including phenoxy) is 1. The zero-order chi connectivity index (χ0) is 10.3. The van der Waals surface area contributed by atoms with Crippen LogP contribution in [0.4, 0.5) is 0 Å². The Kier molecular flexibility index (Phi) is 6.29. The van der Waals surface area contributed by atoms with Gasteiger partial charge in [0.05, 0.1) is 6.10 Å². The normalized spacial score (nSPS) is 14.0. The van der Waals surface area contributed by atoms with Gasteiger partial charge in [0, 0.05) is 5.57 Å². The topological polar surface area (TPSA) is 26.3 Å². The molecule has 1 unspecified atom stereocenters. The Balaban J connectivity index is 3.92. The first-order valence-electron chi connectivity index (χ1n) is 4.99. The average Bonchev–Trinajstić information content (AvgIpc) is 2.05. The molecule has 0 bridgehead atoms. The summed E-state index contributed by atoms with van der Waals surface area (Å²) in [4.78, 5) is 11.3. The number of rotatable bonds is 5. The molecule has 0 heterocycles. The summed E-state index contributed by atoms with van der Waals surface area (Å²) in [7, 11) is 0. The van der Waals surface area contributed by atoms with Crippen LogP contribution >= 0.6 is 0 Å². The zero-order valence-corrected chi connectivity index (χ0v) is 9.09. The minimum atomic E-state index is -0.178. The minimum absolute atomic E-state index is 0.0395. The van der Waals surface area contributed by atoms with Crippen molar-refractivity contribution in [2.45, 2.75) is 53.1 Å². The number of hydrogen-bond acceptors (Lipinski definition) is 2. The van der Waals surface area contributed by atoms with E-state index >= 15 is 0 Å². The molecule has 0 saturated heterocycles. The molecule has 0 N–H and O–H groups in total. The van der Waals surface area contributed by atoms with Gasteiger partial charge < -0.3 is 4.74 Å². The SMILES string of the molecule is CC/C=C(\C)C(=O)OC(C)CCC. The van der Waals surface area contributed by atoms with Crippen molar-refractivity contribution in [2.75, 3.05) is 0 Å². The van der Waals surface area contributed by atoms with Gasteiger partial charge in [-0.2, -0.15) is 0 Å². The highest BCUT2D eigenvalue weighted by atomic mass is 16.5. The maximum absolute atomic E-state index is 11.3. The number of esters is 1. The molecular formula is C11H20O2. The lowest BCUT2D eigenvalue weighted by atomic mass is 10.2. The lowest BCUT2D eigenvalue weighted by Crippen LogP contribution is -2.15. The van der Waals surface area contributed by atoms with Crippen LogP contribution in [0.25, 0.3) is 0 Å². The van der Waals surface area contributed by atoms with Crippen LogP contribution in [-0.2, 0) is 9.53 Å². The Hall–Kier alpha value is -0.790. The van der Waals surface area contributed by atoms with Crippen LogP contribution in [0, 0.1) is 0 Å².